The SMILES string of the molecule is COS(=O)(=O)c1ccc(C)cc1C1Cc2cccc(C=Cc3ccccc3)c2O1. The monoisotopic (exact) mass is 406 g/mol. The molecule has 0 radical (unpaired) electrons. The Balaban J connectivity index is 1.69. The summed E-state index contributed by atoms with van der Waals surface area (Å²) in [5, 5.41) is 0. The van der Waals surface area contributed by atoms with Gasteiger partial charge in [0.05, 0.1) is 7.11 Å². The second-order valence-electron chi connectivity index (χ2n) is 7.05. The van der Waals surface area contributed by atoms with Crippen LogP contribution >= 0.6 is 0 Å². The van der Waals surface area contributed by atoms with Gasteiger partial charge in [-0.1, -0.05) is 78.4 Å². The van der Waals surface area contributed by atoms with Crippen molar-refractivity contribution >= 4 is 22.3 Å². The van der Waals surface area contributed by atoms with Gasteiger partial charge in [0.25, 0.3) is 10.1 Å². The molecule has 29 heavy (non-hydrogen) atoms. The Morgan fingerprint density at radius 2 is 1.79 bits per heavy atom. The third-order valence-corrected chi connectivity index (χ3v) is 6.40. The minimum atomic E-state index is -3.82. The molecule has 0 aliphatic carbocycles. The number of benzene rings is 3. The Kier molecular flexibility index (Phi) is 5.26. The fourth-order valence-electron chi connectivity index (χ4n) is 3.58. The highest BCUT2D eigenvalue weighted by atomic mass is 32.2. The number of hydrogen-bond donors (Lipinski definition) is 0. The fraction of sp³-hybridized carbons (Fsp3) is 0.167. The molecule has 1 heterocycles. The molecular formula is C24H22O4S. The van der Waals surface area contributed by atoms with Gasteiger partial charge in [-0.2, -0.15) is 8.42 Å². The predicted octanol–water partition coefficient (Wildman–Crippen LogP) is 5.18. The standard InChI is InChI=1S/C24H22O4S/c1-17-11-14-23(29(25,26)27-2)21(15-17)22-16-20-10-6-9-19(24(20)28-22)13-12-18-7-4-3-5-8-18/h3-15,22H,16H2,1-2H3. The number of hydrogen-bond acceptors (Lipinski definition) is 4. The fourth-order valence-corrected chi connectivity index (χ4v) is 4.48. The van der Waals surface area contributed by atoms with Crippen LogP contribution in [0.3, 0.4) is 0 Å². The third-order valence-electron chi connectivity index (χ3n) is 5.05. The molecule has 0 spiro atoms. The van der Waals surface area contributed by atoms with Gasteiger partial charge in [-0.05, 0) is 24.1 Å². The van der Waals surface area contributed by atoms with E-state index in [-0.39, 0.29) is 11.0 Å². The van der Waals surface area contributed by atoms with Crippen LogP contribution in [0.25, 0.3) is 12.2 Å². The molecular weight excluding hydrogens is 384 g/mol. The molecule has 0 aromatic heterocycles. The van der Waals surface area contributed by atoms with Gasteiger partial charge >= 0.3 is 0 Å². The third kappa shape index (κ3) is 3.97. The summed E-state index contributed by atoms with van der Waals surface area (Å²) in [5.41, 5.74) is 4.73. The van der Waals surface area contributed by atoms with Crippen LogP contribution in [-0.4, -0.2) is 15.5 Å². The largest absolute Gasteiger partial charge is 0.484 e. The van der Waals surface area contributed by atoms with E-state index in [0.29, 0.717) is 12.0 Å². The summed E-state index contributed by atoms with van der Waals surface area (Å²) in [6, 6.07) is 21.3. The topological polar surface area (TPSA) is 52.6 Å². The zero-order chi connectivity index (χ0) is 20.4. The normalized spacial score (nSPS) is 16.0. The molecule has 0 saturated heterocycles. The molecule has 3 aromatic rings. The van der Waals surface area contributed by atoms with Crippen molar-refractivity contribution in [2.24, 2.45) is 0 Å². The Bertz CT molecular complexity index is 1160. The highest BCUT2D eigenvalue weighted by Gasteiger charge is 2.31. The molecule has 3 aromatic carbocycles. The molecule has 148 valence electrons. The van der Waals surface area contributed by atoms with Crippen molar-refractivity contribution < 1.29 is 17.3 Å². The van der Waals surface area contributed by atoms with Crippen LogP contribution in [0, 0.1) is 6.92 Å². The van der Waals surface area contributed by atoms with Crippen LogP contribution in [0.4, 0.5) is 0 Å². The van der Waals surface area contributed by atoms with E-state index in [1.807, 2.05) is 73.7 Å². The van der Waals surface area contributed by atoms with E-state index in [1.165, 1.54) is 7.11 Å². The number of para-hydroxylation sites is 1. The Morgan fingerprint density at radius 1 is 1.00 bits per heavy atom. The number of ether oxygens (including phenoxy) is 1. The van der Waals surface area contributed by atoms with E-state index in [9.17, 15) is 8.42 Å². The lowest BCUT2D eigenvalue weighted by molar-refractivity contribution is 0.234. The summed E-state index contributed by atoms with van der Waals surface area (Å²) in [7, 11) is -2.64. The molecule has 0 fully saturated rings. The van der Waals surface area contributed by atoms with Gasteiger partial charge in [-0.3, -0.25) is 4.18 Å². The van der Waals surface area contributed by atoms with Crippen LogP contribution < -0.4 is 4.74 Å². The molecule has 5 heteroatoms. The van der Waals surface area contributed by atoms with Crippen LogP contribution in [0.5, 0.6) is 5.75 Å². The van der Waals surface area contributed by atoms with Gasteiger partial charge in [0.15, 0.2) is 0 Å². The van der Waals surface area contributed by atoms with Gasteiger partial charge in [0.2, 0.25) is 0 Å². The molecule has 0 N–H and O–H groups in total. The highest BCUT2D eigenvalue weighted by molar-refractivity contribution is 7.86. The summed E-state index contributed by atoms with van der Waals surface area (Å²) in [6.45, 7) is 1.93. The molecule has 4 nitrogen and oxygen atoms in total. The molecule has 0 amide bonds. The van der Waals surface area contributed by atoms with Crippen molar-refractivity contribution in [2.75, 3.05) is 7.11 Å². The second kappa shape index (κ2) is 7.85. The van der Waals surface area contributed by atoms with Gasteiger partial charge in [-0.15, -0.1) is 0 Å². The molecule has 1 aliphatic rings. The highest BCUT2D eigenvalue weighted by Crippen LogP contribution is 2.41. The Labute approximate surface area is 171 Å². The maximum absolute atomic E-state index is 12.4. The predicted molar refractivity (Wildman–Crippen MR) is 114 cm³/mol. The Morgan fingerprint density at radius 3 is 2.55 bits per heavy atom. The van der Waals surface area contributed by atoms with Crippen molar-refractivity contribution in [2.45, 2.75) is 24.3 Å². The van der Waals surface area contributed by atoms with Crippen molar-refractivity contribution in [3.63, 3.8) is 0 Å². The summed E-state index contributed by atoms with van der Waals surface area (Å²) in [4.78, 5) is 0.157. The van der Waals surface area contributed by atoms with Crippen molar-refractivity contribution in [1.82, 2.24) is 0 Å². The van der Waals surface area contributed by atoms with E-state index in [0.717, 1.165) is 28.0 Å². The smallest absolute Gasteiger partial charge is 0.297 e. The zero-order valence-corrected chi connectivity index (χ0v) is 17.1. The summed E-state index contributed by atoms with van der Waals surface area (Å²) >= 11 is 0. The lowest BCUT2D eigenvalue weighted by Gasteiger charge is -2.16. The van der Waals surface area contributed by atoms with Crippen molar-refractivity contribution in [1.29, 1.82) is 0 Å². The van der Waals surface area contributed by atoms with Gasteiger partial charge in [0.1, 0.15) is 16.7 Å². The van der Waals surface area contributed by atoms with Gasteiger partial charge in [0, 0.05) is 17.5 Å². The van der Waals surface area contributed by atoms with Gasteiger partial charge in [-0.25, -0.2) is 0 Å². The molecule has 1 aliphatic heterocycles. The van der Waals surface area contributed by atoms with Crippen molar-refractivity contribution in [3.8, 4) is 5.75 Å². The zero-order valence-electron chi connectivity index (χ0n) is 16.3. The number of aryl methyl sites for hydroxylation is 1. The summed E-state index contributed by atoms with van der Waals surface area (Å²) in [5.74, 6) is 0.798. The number of rotatable bonds is 5. The average Bonchev–Trinajstić information content (AvgIpc) is 3.17. The first-order valence-electron chi connectivity index (χ1n) is 9.41. The first kappa shape index (κ1) is 19.4. The summed E-state index contributed by atoms with van der Waals surface area (Å²) < 4.78 is 35.8. The quantitative estimate of drug-likeness (QED) is 0.433. The van der Waals surface area contributed by atoms with Crippen molar-refractivity contribution in [3.05, 3.63) is 94.5 Å². The van der Waals surface area contributed by atoms with Gasteiger partial charge < -0.3 is 4.74 Å². The molecule has 0 bridgehead atoms. The first-order chi connectivity index (χ1) is 14.0. The Hall–Kier alpha value is -2.89. The lowest BCUT2D eigenvalue weighted by atomic mass is 10.0. The van der Waals surface area contributed by atoms with E-state index < -0.39 is 10.1 Å². The average molecular weight is 407 g/mol. The van der Waals surface area contributed by atoms with Crippen LogP contribution in [0.15, 0.2) is 71.6 Å². The minimum Gasteiger partial charge on any atom is -0.484 e. The second-order valence-corrected chi connectivity index (χ2v) is 8.73. The lowest BCUT2D eigenvalue weighted by Crippen LogP contribution is -2.12. The first-order valence-corrected chi connectivity index (χ1v) is 10.8. The summed E-state index contributed by atoms with van der Waals surface area (Å²) in [6.07, 6.45) is 4.30. The maximum atomic E-state index is 12.4. The number of fused-ring (bicyclic) bond motifs is 1. The maximum Gasteiger partial charge on any atom is 0.297 e. The molecule has 1 unspecified atom stereocenters. The van der Waals surface area contributed by atoms with Crippen LogP contribution in [0.2, 0.25) is 0 Å². The van der Waals surface area contributed by atoms with E-state index in [2.05, 4.69) is 0 Å². The van der Waals surface area contributed by atoms with E-state index >= 15 is 0 Å². The van der Waals surface area contributed by atoms with E-state index in [1.54, 1.807) is 12.1 Å². The van der Waals surface area contributed by atoms with E-state index in [4.69, 9.17) is 8.92 Å². The molecule has 1 atom stereocenters. The minimum absolute atomic E-state index is 0.157. The molecule has 0 saturated carbocycles. The van der Waals surface area contributed by atoms with Crippen LogP contribution in [0.1, 0.15) is 33.9 Å². The molecule has 4 rings (SSSR count). The van der Waals surface area contributed by atoms with Crippen LogP contribution in [-0.2, 0) is 20.7 Å².